The van der Waals surface area contributed by atoms with E-state index in [2.05, 4.69) is 85.2 Å². The van der Waals surface area contributed by atoms with Crippen molar-refractivity contribution in [2.24, 2.45) is 0 Å². The summed E-state index contributed by atoms with van der Waals surface area (Å²) < 4.78 is 0. The van der Waals surface area contributed by atoms with Crippen LogP contribution in [-0.4, -0.2) is 25.1 Å². The van der Waals surface area contributed by atoms with E-state index in [9.17, 15) is 0 Å². The van der Waals surface area contributed by atoms with E-state index in [1.807, 2.05) is 0 Å². The molecule has 1 saturated heterocycles. The average molecular weight is 362 g/mol. The summed E-state index contributed by atoms with van der Waals surface area (Å²) in [6.45, 7) is 8.36. The Morgan fingerprint density at radius 1 is 0.923 bits per heavy atom. The maximum absolute atomic E-state index is 2.75. The minimum Gasteiger partial charge on any atom is -0.289 e. The first kappa shape index (κ1) is 17.8. The van der Waals surface area contributed by atoms with Crippen LogP contribution in [0.3, 0.4) is 0 Å². The molecule has 0 radical (unpaired) electrons. The molecule has 0 aromatic heterocycles. The van der Waals surface area contributed by atoms with Gasteiger partial charge >= 0.3 is 0 Å². The Hall–Kier alpha value is -1.64. The summed E-state index contributed by atoms with van der Waals surface area (Å²) in [4.78, 5) is 2.75. The molecular weight excluding hydrogens is 330 g/mol. The predicted octanol–water partition coefficient (Wildman–Crippen LogP) is 5.44. The lowest BCUT2D eigenvalue weighted by atomic mass is 9.82. The van der Waals surface area contributed by atoms with Gasteiger partial charge in [0.15, 0.2) is 0 Å². The van der Waals surface area contributed by atoms with Gasteiger partial charge in [0.2, 0.25) is 0 Å². The van der Waals surface area contributed by atoms with E-state index in [1.54, 1.807) is 10.8 Å². The number of hydrogen-bond acceptors (Lipinski definition) is 1. The number of hydrogen-bond donors (Lipinski definition) is 0. The van der Waals surface area contributed by atoms with E-state index in [0.29, 0.717) is 12.1 Å². The quantitative estimate of drug-likeness (QED) is 0.655. The largest absolute Gasteiger partial charge is 0.289 e. The molecule has 2 bridgehead atoms. The Kier molecular flexibility index (Phi) is 4.89. The molecular formula is C24H31NSi. The standard InChI is InChI=1S/C24H31NSi/c1-26(2,3)24-14-12-20(13-15-24)21-16-22-10-7-11-23(17-21)25(22)18-19-8-5-4-6-9-19/h4-6,8-9,12-16,22-23H,7,10-11,17-18H2,1-3H3. The second-order valence-electron chi connectivity index (χ2n) is 9.03. The van der Waals surface area contributed by atoms with E-state index in [-0.39, 0.29) is 0 Å². The third kappa shape index (κ3) is 3.72. The van der Waals surface area contributed by atoms with Crippen molar-refractivity contribution in [3.05, 3.63) is 71.8 Å². The molecule has 2 aliphatic rings. The fourth-order valence-corrected chi connectivity index (χ4v) is 5.72. The summed E-state index contributed by atoms with van der Waals surface area (Å²) in [7, 11) is -1.21. The second-order valence-corrected chi connectivity index (χ2v) is 14.1. The van der Waals surface area contributed by atoms with Crippen molar-refractivity contribution in [1.82, 2.24) is 4.90 Å². The maximum atomic E-state index is 2.75. The smallest absolute Gasteiger partial charge is 0.0775 e. The van der Waals surface area contributed by atoms with Crippen molar-refractivity contribution < 1.29 is 0 Å². The van der Waals surface area contributed by atoms with Crippen LogP contribution in [0.25, 0.3) is 5.57 Å². The van der Waals surface area contributed by atoms with E-state index in [0.717, 1.165) is 6.54 Å². The van der Waals surface area contributed by atoms with Gasteiger partial charge in [-0.25, -0.2) is 0 Å². The highest BCUT2D eigenvalue weighted by Crippen LogP contribution is 2.37. The van der Waals surface area contributed by atoms with Crippen molar-refractivity contribution in [3.63, 3.8) is 0 Å². The topological polar surface area (TPSA) is 3.24 Å². The van der Waals surface area contributed by atoms with Gasteiger partial charge in [-0.3, -0.25) is 4.90 Å². The van der Waals surface area contributed by atoms with E-state index in [4.69, 9.17) is 0 Å². The molecule has 136 valence electrons. The molecule has 4 rings (SSSR count). The minimum atomic E-state index is -1.21. The molecule has 2 aromatic carbocycles. The zero-order valence-corrected chi connectivity index (χ0v) is 17.4. The molecule has 2 heterocycles. The monoisotopic (exact) mass is 361 g/mol. The zero-order chi connectivity index (χ0) is 18.1. The molecule has 2 aliphatic heterocycles. The third-order valence-electron chi connectivity index (χ3n) is 6.11. The van der Waals surface area contributed by atoms with Gasteiger partial charge in [0.25, 0.3) is 0 Å². The molecule has 0 spiro atoms. The Labute approximate surface area is 159 Å². The van der Waals surface area contributed by atoms with Crippen molar-refractivity contribution in [1.29, 1.82) is 0 Å². The van der Waals surface area contributed by atoms with Crippen LogP contribution >= 0.6 is 0 Å². The molecule has 0 N–H and O–H groups in total. The fraction of sp³-hybridized carbons (Fsp3) is 0.417. The van der Waals surface area contributed by atoms with Crippen LogP contribution in [0.2, 0.25) is 19.6 Å². The summed E-state index contributed by atoms with van der Waals surface area (Å²) in [5, 5.41) is 1.56. The normalized spacial score (nSPS) is 23.6. The molecule has 2 aromatic rings. The van der Waals surface area contributed by atoms with Gasteiger partial charge in [0.1, 0.15) is 0 Å². The van der Waals surface area contributed by atoms with Gasteiger partial charge in [0, 0.05) is 18.6 Å². The molecule has 1 fully saturated rings. The van der Waals surface area contributed by atoms with Crippen LogP contribution in [0.1, 0.15) is 36.8 Å². The summed E-state index contributed by atoms with van der Waals surface area (Å²) in [5.74, 6) is 0. The highest BCUT2D eigenvalue weighted by molar-refractivity contribution is 6.88. The molecule has 0 aliphatic carbocycles. The van der Waals surface area contributed by atoms with Crippen molar-refractivity contribution in [2.75, 3.05) is 0 Å². The van der Waals surface area contributed by atoms with Gasteiger partial charge in [-0.15, -0.1) is 0 Å². The van der Waals surface area contributed by atoms with Crippen LogP contribution < -0.4 is 5.19 Å². The number of nitrogens with zero attached hydrogens (tertiary/aromatic N) is 1. The lowest BCUT2D eigenvalue weighted by Gasteiger charge is -2.45. The van der Waals surface area contributed by atoms with Crippen LogP contribution in [0.15, 0.2) is 60.7 Å². The van der Waals surface area contributed by atoms with E-state index < -0.39 is 8.07 Å². The fourth-order valence-electron chi connectivity index (χ4n) is 4.56. The molecule has 2 unspecified atom stereocenters. The summed E-state index contributed by atoms with van der Waals surface area (Å²) in [6.07, 6.45) is 7.80. The van der Waals surface area contributed by atoms with Gasteiger partial charge < -0.3 is 0 Å². The van der Waals surface area contributed by atoms with Gasteiger partial charge in [-0.05, 0) is 36.0 Å². The Morgan fingerprint density at radius 2 is 1.65 bits per heavy atom. The highest BCUT2D eigenvalue weighted by atomic mass is 28.3. The Balaban J connectivity index is 1.56. The maximum Gasteiger partial charge on any atom is 0.0775 e. The Bertz CT molecular complexity index is 770. The molecule has 2 heteroatoms. The highest BCUT2D eigenvalue weighted by Gasteiger charge is 2.34. The first-order valence-electron chi connectivity index (χ1n) is 10.1. The molecule has 0 amide bonds. The lowest BCUT2D eigenvalue weighted by molar-refractivity contribution is 0.0951. The van der Waals surface area contributed by atoms with Crippen molar-refractivity contribution in [3.8, 4) is 0 Å². The van der Waals surface area contributed by atoms with Gasteiger partial charge in [-0.1, -0.05) is 91.9 Å². The predicted molar refractivity (Wildman–Crippen MR) is 115 cm³/mol. The average Bonchev–Trinajstić information content (AvgIpc) is 2.62. The number of rotatable bonds is 4. The summed E-state index contributed by atoms with van der Waals surface area (Å²) in [6, 6.07) is 21.8. The van der Waals surface area contributed by atoms with Crippen molar-refractivity contribution in [2.45, 2.75) is 64.0 Å². The van der Waals surface area contributed by atoms with E-state index >= 15 is 0 Å². The van der Waals surface area contributed by atoms with Crippen LogP contribution in [0, 0.1) is 0 Å². The lowest BCUT2D eigenvalue weighted by Crippen LogP contribution is -2.47. The molecule has 0 saturated carbocycles. The molecule has 26 heavy (non-hydrogen) atoms. The minimum absolute atomic E-state index is 0.606. The summed E-state index contributed by atoms with van der Waals surface area (Å²) in [5.41, 5.74) is 4.47. The first-order valence-corrected chi connectivity index (χ1v) is 13.6. The Morgan fingerprint density at radius 3 is 2.31 bits per heavy atom. The SMILES string of the molecule is C[Si](C)(C)c1ccc(C2=CC3CCCC(C2)N3Cc2ccccc2)cc1. The number of benzene rings is 2. The summed E-state index contributed by atoms with van der Waals surface area (Å²) >= 11 is 0. The molecule has 1 nitrogen and oxygen atoms in total. The van der Waals surface area contributed by atoms with E-state index in [1.165, 1.54) is 36.8 Å². The zero-order valence-electron chi connectivity index (χ0n) is 16.4. The number of fused-ring (bicyclic) bond motifs is 2. The molecule has 2 atom stereocenters. The van der Waals surface area contributed by atoms with Gasteiger partial charge in [-0.2, -0.15) is 0 Å². The van der Waals surface area contributed by atoms with Crippen LogP contribution in [0.5, 0.6) is 0 Å². The van der Waals surface area contributed by atoms with Gasteiger partial charge in [0.05, 0.1) is 8.07 Å². The van der Waals surface area contributed by atoms with Crippen LogP contribution in [0.4, 0.5) is 0 Å². The van der Waals surface area contributed by atoms with Crippen molar-refractivity contribution >= 4 is 18.8 Å². The number of piperidine rings is 1. The second kappa shape index (κ2) is 7.17. The van der Waals surface area contributed by atoms with Crippen LogP contribution in [-0.2, 0) is 6.54 Å². The first-order chi connectivity index (χ1) is 12.5. The third-order valence-corrected chi connectivity index (χ3v) is 8.18.